The zero-order valence-corrected chi connectivity index (χ0v) is 12.3. The van der Waals surface area contributed by atoms with Crippen molar-refractivity contribution in [3.8, 4) is 11.5 Å². The Morgan fingerprint density at radius 3 is 2.35 bits per heavy atom. The minimum Gasteiger partial charge on any atom is -0.497 e. The minimum atomic E-state index is -0.162. The van der Waals surface area contributed by atoms with Crippen LogP contribution in [0.25, 0.3) is 0 Å². The molecule has 96 valence electrons. The third-order valence-corrected chi connectivity index (χ3v) is 3.52. The maximum Gasteiger partial charge on any atom is 0.127 e. The van der Waals surface area contributed by atoms with E-state index in [1.165, 1.54) is 0 Å². The maximum atomic E-state index is 9.14. The van der Waals surface area contributed by atoms with Gasteiger partial charge >= 0.3 is 0 Å². The molecule has 0 saturated carbocycles. The van der Waals surface area contributed by atoms with Crippen molar-refractivity contribution in [3.63, 3.8) is 0 Å². The number of methoxy groups -OCH3 is 2. The quantitative estimate of drug-likeness (QED) is 0.908. The molecule has 0 saturated heterocycles. The van der Waals surface area contributed by atoms with Crippen LogP contribution >= 0.6 is 15.9 Å². The fourth-order valence-electron chi connectivity index (χ4n) is 1.90. The topological polar surface area (TPSA) is 38.7 Å². The number of ether oxygens (including phenoxy) is 2. The highest BCUT2D eigenvalue weighted by molar-refractivity contribution is 9.10. The predicted octanol–water partition coefficient (Wildman–Crippen LogP) is 3.13. The molecule has 17 heavy (non-hydrogen) atoms. The molecule has 0 radical (unpaired) electrons. The van der Waals surface area contributed by atoms with Crippen LogP contribution in [0.1, 0.15) is 25.8 Å². The van der Waals surface area contributed by atoms with Crippen LogP contribution in [0.15, 0.2) is 16.6 Å². The van der Waals surface area contributed by atoms with Crippen molar-refractivity contribution in [1.29, 1.82) is 0 Å². The Morgan fingerprint density at radius 1 is 1.24 bits per heavy atom. The van der Waals surface area contributed by atoms with E-state index in [2.05, 4.69) is 29.8 Å². The van der Waals surface area contributed by atoms with Gasteiger partial charge in [-0.25, -0.2) is 0 Å². The number of halogens is 1. The number of aliphatic hydroxyl groups is 1. The lowest BCUT2D eigenvalue weighted by atomic mass is 9.81. The highest BCUT2D eigenvalue weighted by Crippen LogP contribution is 2.41. The van der Waals surface area contributed by atoms with Crippen LogP contribution in [0, 0.1) is 0 Å². The van der Waals surface area contributed by atoms with E-state index < -0.39 is 0 Å². The van der Waals surface area contributed by atoms with E-state index in [4.69, 9.17) is 14.6 Å². The van der Waals surface area contributed by atoms with E-state index in [0.29, 0.717) is 6.42 Å². The Morgan fingerprint density at radius 2 is 1.88 bits per heavy atom. The molecule has 0 spiro atoms. The van der Waals surface area contributed by atoms with Gasteiger partial charge in [-0.05, 0) is 17.9 Å². The van der Waals surface area contributed by atoms with Crippen LogP contribution in [0.5, 0.6) is 11.5 Å². The van der Waals surface area contributed by atoms with E-state index in [1.54, 1.807) is 14.2 Å². The number of benzene rings is 1. The van der Waals surface area contributed by atoms with E-state index in [9.17, 15) is 0 Å². The molecule has 0 aromatic heterocycles. The molecule has 0 atom stereocenters. The molecule has 1 rings (SSSR count). The lowest BCUT2D eigenvalue weighted by Gasteiger charge is -2.28. The summed E-state index contributed by atoms with van der Waals surface area (Å²) in [4.78, 5) is 0. The molecule has 0 bridgehead atoms. The van der Waals surface area contributed by atoms with Gasteiger partial charge in [-0.15, -0.1) is 0 Å². The molecule has 1 aromatic rings. The summed E-state index contributed by atoms with van der Waals surface area (Å²) in [5.74, 6) is 1.52. The Hall–Kier alpha value is -0.740. The number of hydrogen-bond acceptors (Lipinski definition) is 3. The van der Waals surface area contributed by atoms with Gasteiger partial charge in [-0.2, -0.15) is 0 Å². The molecule has 0 unspecified atom stereocenters. The van der Waals surface area contributed by atoms with Crippen molar-refractivity contribution in [1.82, 2.24) is 0 Å². The molecule has 3 nitrogen and oxygen atoms in total. The van der Waals surface area contributed by atoms with Crippen molar-refractivity contribution in [2.75, 3.05) is 20.8 Å². The number of rotatable bonds is 5. The van der Waals surface area contributed by atoms with Crippen LogP contribution in [-0.4, -0.2) is 25.9 Å². The van der Waals surface area contributed by atoms with Crippen molar-refractivity contribution < 1.29 is 14.6 Å². The third kappa shape index (κ3) is 3.13. The van der Waals surface area contributed by atoms with E-state index in [1.807, 2.05) is 12.1 Å². The minimum absolute atomic E-state index is 0.147. The lowest BCUT2D eigenvalue weighted by Crippen LogP contribution is -2.20. The molecule has 1 aromatic carbocycles. The molecule has 0 aliphatic heterocycles. The molecule has 0 aliphatic carbocycles. The number of hydrogen-bond donors (Lipinski definition) is 1. The van der Waals surface area contributed by atoms with Gasteiger partial charge in [-0.3, -0.25) is 0 Å². The monoisotopic (exact) mass is 302 g/mol. The molecule has 1 N–H and O–H groups in total. The highest BCUT2D eigenvalue weighted by atomic mass is 79.9. The lowest BCUT2D eigenvalue weighted by molar-refractivity contribution is 0.249. The van der Waals surface area contributed by atoms with Gasteiger partial charge in [0.05, 0.1) is 14.2 Å². The second-order valence-corrected chi connectivity index (χ2v) is 5.40. The SMILES string of the molecule is COc1cc(Br)c(C(C)(C)CCO)c(OC)c1. The van der Waals surface area contributed by atoms with Crippen LogP contribution in [-0.2, 0) is 5.41 Å². The normalized spacial score (nSPS) is 11.4. The van der Waals surface area contributed by atoms with E-state index in [-0.39, 0.29) is 12.0 Å². The standard InChI is InChI=1S/C13H19BrO3/c1-13(2,5-6-15)12-10(14)7-9(16-3)8-11(12)17-4/h7-8,15H,5-6H2,1-4H3. The first-order chi connectivity index (χ1) is 7.96. The van der Waals surface area contributed by atoms with Crippen LogP contribution < -0.4 is 9.47 Å². The summed E-state index contributed by atoms with van der Waals surface area (Å²) < 4.78 is 11.6. The molecule has 0 aliphatic rings. The second-order valence-electron chi connectivity index (χ2n) is 4.54. The smallest absolute Gasteiger partial charge is 0.127 e. The first-order valence-corrected chi connectivity index (χ1v) is 6.28. The molecule has 0 amide bonds. The zero-order valence-electron chi connectivity index (χ0n) is 10.7. The largest absolute Gasteiger partial charge is 0.497 e. The Kier molecular flexibility index (Phi) is 4.83. The first kappa shape index (κ1) is 14.3. The summed E-state index contributed by atoms with van der Waals surface area (Å²) in [7, 11) is 3.26. The Labute approximate surface area is 111 Å². The van der Waals surface area contributed by atoms with E-state index >= 15 is 0 Å². The summed E-state index contributed by atoms with van der Waals surface area (Å²) in [6.07, 6.45) is 0.675. The average Bonchev–Trinajstić information content (AvgIpc) is 2.27. The molecule has 0 heterocycles. The molecule has 0 fully saturated rings. The van der Waals surface area contributed by atoms with Gasteiger partial charge in [0.2, 0.25) is 0 Å². The number of aliphatic hydroxyl groups excluding tert-OH is 1. The Bertz CT molecular complexity index is 388. The summed E-state index contributed by atoms with van der Waals surface area (Å²) in [6.45, 7) is 4.31. The summed E-state index contributed by atoms with van der Waals surface area (Å²) >= 11 is 3.54. The summed E-state index contributed by atoms with van der Waals surface area (Å²) in [6, 6.07) is 3.77. The van der Waals surface area contributed by atoms with Gasteiger partial charge < -0.3 is 14.6 Å². The second kappa shape index (κ2) is 5.74. The molecular weight excluding hydrogens is 284 g/mol. The van der Waals surface area contributed by atoms with Gasteiger partial charge in [0.1, 0.15) is 11.5 Å². The van der Waals surface area contributed by atoms with E-state index in [0.717, 1.165) is 21.5 Å². The van der Waals surface area contributed by atoms with Gasteiger partial charge in [-0.1, -0.05) is 29.8 Å². The fourth-order valence-corrected chi connectivity index (χ4v) is 2.86. The molecule has 4 heteroatoms. The van der Waals surface area contributed by atoms with Crippen molar-refractivity contribution in [3.05, 3.63) is 22.2 Å². The average molecular weight is 303 g/mol. The maximum absolute atomic E-state index is 9.14. The summed E-state index contributed by atoms with van der Waals surface area (Å²) in [5, 5.41) is 9.14. The van der Waals surface area contributed by atoms with Crippen LogP contribution in [0.3, 0.4) is 0 Å². The third-order valence-electron chi connectivity index (χ3n) is 2.90. The predicted molar refractivity (Wildman–Crippen MR) is 72.0 cm³/mol. The first-order valence-electron chi connectivity index (χ1n) is 5.49. The van der Waals surface area contributed by atoms with Gasteiger partial charge in [0.25, 0.3) is 0 Å². The zero-order chi connectivity index (χ0) is 13.1. The fraction of sp³-hybridized carbons (Fsp3) is 0.538. The van der Waals surface area contributed by atoms with Crippen molar-refractivity contribution >= 4 is 15.9 Å². The van der Waals surface area contributed by atoms with Crippen molar-refractivity contribution in [2.45, 2.75) is 25.7 Å². The van der Waals surface area contributed by atoms with Crippen LogP contribution in [0.4, 0.5) is 0 Å². The molecular formula is C13H19BrO3. The Balaban J connectivity index is 3.31. The summed E-state index contributed by atoms with van der Waals surface area (Å²) in [5.41, 5.74) is 0.889. The van der Waals surface area contributed by atoms with Gasteiger partial charge in [0, 0.05) is 22.7 Å². The highest BCUT2D eigenvalue weighted by Gasteiger charge is 2.27. The van der Waals surface area contributed by atoms with Crippen LogP contribution in [0.2, 0.25) is 0 Å². The van der Waals surface area contributed by atoms with Crippen molar-refractivity contribution in [2.24, 2.45) is 0 Å². The van der Waals surface area contributed by atoms with Gasteiger partial charge in [0.15, 0.2) is 0 Å².